The van der Waals surface area contributed by atoms with E-state index >= 15 is 0 Å². The fourth-order valence-corrected chi connectivity index (χ4v) is 5.77. The molecule has 0 spiro atoms. The van der Waals surface area contributed by atoms with Crippen molar-refractivity contribution in [1.29, 1.82) is 5.41 Å². The standard InChI is InChI=1S/C28H33Cl2N7O2/c29-21-5-4-20(24(30)16-21)10-13-36(19-38)23-8-6-22(7-9-23)32-26(18-34-11-2-1-3-12-34)35-14-15-37-25(17-35)27(39)33-28(37)31/h4-9,16,18-19,25,32H,1-3,10-15,17H2,(H2,31,33,39)/b26-18-. The molecule has 39 heavy (non-hydrogen) atoms. The second kappa shape index (κ2) is 12.2. The summed E-state index contributed by atoms with van der Waals surface area (Å²) in [5.41, 5.74) is 2.61. The Kier molecular flexibility index (Phi) is 8.47. The number of hydrogen-bond donors (Lipinski definition) is 3. The number of guanidine groups is 1. The molecule has 0 radical (unpaired) electrons. The van der Waals surface area contributed by atoms with Gasteiger partial charge < -0.3 is 24.9 Å². The molecule has 3 aliphatic heterocycles. The largest absolute Gasteiger partial charge is 0.374 e. The number of nitrogens with one attached hydrogen (secondary N) is 3. The van der Waals surface area contributed by atoms with Crippen LogP contribution in [0.1, 0.15) is 24.8 Å². The second-order valence-corrected chi connectivity index (χ2v) is 10.9. The molecule has 5 rings (SSSR count). The minimum absolute atomic E-state index is 0.125. The number of piperidine rings is 1. The first kappa shape index (κ1) is 27.1. The summed E-state index contributed by atoms with van der Waals surface area (Å²) in [5, 5.41) is 15.4. The van der Waals surface area contributed by atoms with Crippen molar-refractivity contribution in [3.8, 4) is 0 Å². The first-order valence-electron chi connectivity index (χ1n) is 13.3. The number of carbonyl (C=O) groups is 2. The lowest BCUT2D eigenvalue weighted by Crippen LogP contribution is -2.53. The summed E-state index contributed by atoms with van der Waals surface area (Å²) in [5.74, 6) is 0.994. The van der Waals surface area contributed by atoms with Crippen molar-refractivity contribution in [2.24, 2.45) is 0 Å². The number of fused-ring (bicyclic) bond motifs is 1. The van der Waals surface area contributed by atoms with Crippen LogP contribution in [0.15, 0.2) is 54.5 Å². The number of likely N-dealkylation sites (tertiary alicyclic amines) is 1. The molecule has 9 nitrogen and oxygen atoms in total. The molecule has 1 atom stereocenters. The van der Waals surface area contributed by atoms with Gasteiger partial charge in [-0.25, -0.2) is 0 Å². The fourth-order valence-electron chi connectivity index (χ4n) is 5.27. The summed E-state index contributed by atoms with van der Waals surface area (Å²) in [6.07, 6.45) is 7.17. The van der Waals surface area contributed by atoms with Crippen molar-refractivity contribution < 1.29 is 9.59 Å². The van der Waals surface area contributed by atoms with Crippen molar-refractivity contribution >= 4 is 52.9 Å². The number of amides is 2. The summed E-state index contributed by atoms with van der Waals surface area (Å²) >= 11 is 12.3. The fraction of sp³-hybridized carbons (Fsp3) is 0.393. The van der Waals surface area contributed by atoms with Crippen molar-refractivity contribution in [3.63, 3.8) is 0 Å². The van der Waals surface area contributed by atoms with Gasteiger partial charge in [-0.2, -0.15) is 0 Å². The van der Waals surface area contributed by atoms with Crippen LogP contribution in [-0.4, -0.2) is 78.3 Å². The third-order valence-corrected chi connectivity index (χ3v) is 8.07. The molecule has 3 saturated heterocycles. The Morgan fingerprint density at radius 2 is 1.85 bits per heavy atom. The Hall–Kier alpha value is -3.43. The molecule has 2 aromatic carbocycles. The maximum absolute atomic E-state index is 12.4. The molecule has 0 aromatic heterocycles. The summed E-state index contributed by atoms with van der Waals surface area (Å²) in [4.78, 5) is 32.3. The molecule has 206 valence electrons. The highest BCUT2D eigenvalue weighted by molar-refractivity contribution is 6.35. The van der Waals surface area contributed by atoms with E-state index in [1.807, 2.05) is 35.2 Å². The van der Waals surface area contributed by atoms with Gasteiger partial charge in [0.15, 0.2) is 5.96 Å². The van der Waals surface area contributed by atoms with Crippen LogP contribution in [0.4, 0.5) is 11.4 Å². The predicted octanol–water partition coefficient (Wildman–Crippen LogP) is 3.95. The zero-order chi connectivity index (χ0) is 27.4. The first-order valence-corrected chi connectivity index (χ1v) is 14.1. The molecular formula is C28H33Cl2N7O2. The van der Waals surface area contributed by atoms with Gasteiger partial charge in [-0.05, 0) is 67.6 Å². The number of benzene rings is 2. The van der Waals surface area contributed by atoms with E-state index in [1.165, 1.54) is 6.42 Å². The van der Waals surface area contributed by atoms with Gasteiger partial charge >= 0.3 is 0 Å². The number of carbonyl (C=O) groups excluding carboxylic acids is 2. The van der Waals surface area contributed by atoms with Crippen LogP contribution in [0.25, 0.3) is 0 Å². The quantitative estimate of drug-likeness (QED) is 0.396. The van der Waals surface area contributed by atoms with Crippen LogP contribution in [-0.2, 0) is 16.0 Å². The van der Waals surface area contributed by atoms with Gasteiger partial charge in [0.25, 0.3) is 5.91 Å². The second-order valence-electron chi connectivity index (χ2n) is 10.1. The Labute approximate surface area is 238 Å². The van der Waals surface area contributed by atoms with Crippen molar-refractivity contribution in [2.75, 3.05) is 49.5 Å². The van der Waals surface area contributed by atoms with Gasteiger partial charge in [-0.3, -0.25) is 20.3 Å². The average Bonchev–Trinajstić information content (AvgIpc) is 3.23. The molecule has 2 amide bonds. The molecule has 2 aromatic rings. The number of rotatable bonds is 9. The third-order valence-electron chi connectivity index (χ3n) is 7.48. The van der Waals surface area contributed by atoms with E-state index < -0.39 is 0 Å². The number of anilines is 2. The van der Waals surface area contributed by atoms with E-state index in [0.29, 0.717) is 42.6 Å². The minimum atomic E-state index is -0.365. The molecule has 3 heterocycles. The lowest BCUT2D eigenvalue weighted by atomic mass is 10.1. The smallest absolute Gasteiger partial charge is 0.251 e. The van der Waals surface area contributed by atoms with E-state index in [2.05, 4.69) is 26.6 Å². The summed E-state index contributed by atoms with van der Waals surface area (Å²) in [7, 11) is 0. The summed E-state index contributed by atoms with van der Waals surface area (Å²) in [6, 6.07) is 12.8. The minimum Gasteiger partial charge on any atom is -0.374 e. The number of halogens is 2. The van der Waals surface area contributed by atoms with Crippen LogP contribution in [0, 0.1) is 5.41 Å². The summed E-state index contributed by atoms with van der Waals surface area (Å²) in [6.45, 7) is 4.30. The van der Waals surface area contributed by atoms with Gasteiger partial charge in [0.2, 0.25) is 6.41 Å². The van der Waals surface area contributed by atoms with Crippen LogP contribution in [0.2, 0.25) is 10.0 Å². The molecule has 3 fully saturated rings. The maximum Gasteiger partial charge on any atom is 0.251 e. The van der Waals surface area contributed by atoms with Crippen LogP contribution >= 0.6 is 23.2 Å². The van der Waals surface area contributed by atoms with Crippen molar-refractivity contribution in [3.05, 3.63) is 70.1 Å². The molecule has 0 saturated carbocycles. The van der Waals surface area contributed by atoms with E-state index in [4.69, 9.17) is 28.6 Å². The van der Waals surface area contributed by atoms with Crippen molar-refractivity contribution in [2.45, 2.75) is 31.7 Å². The molecule has 3 aliphatic rings. The Balaban J connectivity index is 1.28. The van der Waals surface area contributed by atoms with E-state index in [-0.39, 0.29) is 17.9 Å². The highest BCUT2D eigenvalue weighted by Gasteiger charge is 2.40. The molecule has 11 heteroatoms. The lowest BCUT2D eigenvalue weighted by molar-refractivity contribution is -0.122. The molecule has 3 N–H and O–H groups in total. The van der Waals surface area contributed by atoms with Crippen molar-refractivity contribution in [1.82, 2.24) is 20.0 Å². The molecule has 0 aliphatic carbocycles. The third kappa shape index (κ3) is 6.42. The molecular weight excluding hydrogens is 537 g/mol. The molecule has 0 bridgehead atoms. The van der Waals surface area contributed by atoms with E-state index in [1.54, 1.807) is 17.0 Å². The average molecular weight is 571 g/mol. The van der Waals surface area contributed by atoms with Gasteiger partial charge in [-0.1, -0.05) is 29.3 Å². The zero-order valence-electron chi connectivity index (χ0n) is 21.7. The topological polar surface area (TPSA) is 95.0 Å². The number of piperazine rings is 1. The van der Waals surface area contributed by atoms with Gasteiger partial charge in [-0.15, -0.1) is 0 Å². The van der Waals surface area contributed by atoms with Crippen LogP contribution in [0.5, 0.6) is 0 Å². The predicted molar refractivity (Wildman–Crippen MR) is 155 cm³/mol. The highest BCUT2D eigenvalue weighted by atomic mass is 35.5. The SMILES string of the molecule is N=C1NC(=O)C2CN(/C(=C\N3CCCCC3)Nc3ccc(N(C=O)CCc4ccc(Cl)cc4Cl)cc3)CCN12. The first-order chi connectivity index (χ1) is 18.9. The highest BCUT2D eigenvalue weighted by Crippen LogP contribution is 2.25. The normalized spacial score (nSPS) is 19.6. The van der Waals surface area contributed by atoms with Gasteiger partial charge in [0, 0.05) is 66.9 Å². The Morgan fingerprint density at radius 3 is 2.56 bits per heavy atom. The molecule has 1 unspecified atom stereocenters. The van der Waals surface area contributed by atoms with Crippen LogP contribution in [0.3, 0.4) is 0 Å². The Bertz CT molecular complexity index is 1250. The van der Waals surface area contributed by atoms with E-state index in [9.17, 15) is 9.59 Å². The zero-order valence-corrected chi connectivity index (χ0v) is 23.2. The van der Waals surface area contributed by atoms with Gasteiger partial charge in [0.1, 0.15) is 11.9 Å². The van der Waals surface area contributed by atoms with E-state index in [0.717, 1.165) is 55.1 Å². The number of nitrogens with zero attached hydrogens (tertiary/aromatic N) is 4. The van der Waals surface area contributed by atoms with Gasteiger partial charge in [0.05, 0.1) is 0 Å². The Morgan fingerprint density at radius 1 is 1.08 bits per heavy atom. The number of hydrogen-bond acceptors (Lipinski definition) is 6. The van der Waals surface area contributed by atoms with Crippen LogP contribution < -0.4 is 15.5 Å². The summed E-state index contributed by atoms with van der Waals surface area (Å²) < 4.78 is 0. The maximum atomic E-state index is 12.4. The monoisotopic (exact) mass is 569 g/mol. The lowest BCUT2D eigenvalue weighted by Gasteiger charge is -2.39.